The summed E-state index contributed by atoms with van der Waals surface area (Å²) in [6.07, 6.45) is 0.625. The quantitative estimate of drug-likeness (QED) is 0.778. The molecule has 2 aromatic rings. The zero-order valence-electron chi connectivity index (χ0n) is 13.0. The summed E-state index contributed by atoms with van der Waals surface area (Å²) in [5.74, 6) is -0.935. The van der Waals surface area contributed by atoms with Gasteiger partial charge in [0.15, 0.2) is 0 Å². The number of carboxylic acids is 1. The minimum Gasteiger partial charge on any atom is -0.548 e. The van der Waals surface area contributed by atoms with Crippen LogP contribution in [0.3, 0.4) is 0 Å². The zero-order chi connectivity index (χ0) is 17.5. The van der Waals surface area contributed by atoms with Crippen LogP contribution in [0.25, 0.3) is 0 Å². The number of anilines is 1. The van der Waals surface area contributed by atoms with Crippen molar-refractivity contribution in [1.82, 2.24) is 0 Å². The number of rotatable bonds is 7. The van der Waals surface area contributed by atoms with Gasteiger partial charge in [-0.05, 0) is 55.0 Å². The number of aldehydes is 1. The van der Waals surface area contributed by atoms with Gasteiger partial charge in [0, 0.05) is 11.3 Å². The molecule has 122 valence electrons. The van der Waals surface area contributed by atoms with E-state index < -0.39 is 12.0 Å². The third kappa shape index (κ3) is 4.11. The van der Waals surface area contributed by atoms with Crippen LogP contribution in [0.1, 0.15) is 34.5 Å². The Morgan fingerprint density at radius 2 is 2.04 bits per heavy atom. The number of aliphatic carboxylic acids is 1. The summed E-state index contributed by atoms with van der Waals surface area (Å²) in [5.41, 5.74) is 1.63. The Hall–Kier alpha value is -3.33. The van der Waals surface area contributed by atoms with E-state index in [4.69, 9.17) is 10.00 Å². The first kappa shape index (κ1) is 17.0. The molecule has 6 heteroatoms. The number of hydrogen-bond acceptors (Lipinski definition) is 6. The van der Waals surface area contributed by atoms with Crippen molar-refractivity contribution >= 4 is 17.9 Å². The van der Waals surface area contributed by atoms with Crippen molar-refractivity contribution in [2.24, 2.45) is 0 Å². The molecule has 1 N–H and O–H groups in total. The molecule has 0 aromatic heterocycles. The summed E-state index contributed by atoms with van der Waals surface area (Å²) in [6, 6.07) is 11.7. The molecule has 1 atom stereocenters. The smallest absolute Gasteiger partial charge is 0.150 e. The summed E-state index contributed by atoms with van der Waals surface area (Å²) in [7, 11) is 0. The van der Waals surface area contributed by atoms with Gasteiger partial charge < -0.3 is 20.0 Å². The molecule has 0 bridgehead atoms. The number of nitriles is 1. The number of carbonyl (C=O) groups is 2. The molecule has 0 aliphatic heterocycles. The summed E-state index contributed by atoms with van der Waals surface area (Å²) in [6.45, 7) is 2.18. The SMILES string of the molecule is CCOc1cc(C=O)cc(C(Nc2ccc(C#N)cc2)C(=O)[O-])c1. The third-order valence-electron chi connectivity index (χ3n) is 3.29. The van der Waals surface area contributed by atoms with Crippen LogP contribution in [0.15, 0.2) is 42.5 Å². The fraction of sp³-hybridized carbons (Fsp3) is 0.167. The molecule has 1 unspecified atom stereocenters. The summed E-state index contributed by atoms with van der Waals surface area (Å²) >= 11 is 0. The normalized spacial score (nSPS) is 11.2. The van der Waals surface area contributed by atoms with E-state index in [1.165, 1.54) is 12.1 Å². The van der Waals surface area contributed by atoms with E-state index in [1.54, 1.807) is 37.3 Å². The molecule has 0 saturated heterocycles. The van der Waals surface area contributed by atoms with E-state index in [9.17, 15) is 14.7 Å². The first-order valence-corrected chi connectivity index (χ1v) is 7.28. The van der Waals surface area contributed by atoms with Crippen LogP contribution in [0.5, 0.6) is 5.75 Å². The maximum Gasteiger partial charge on any atom is 0.150 e. The van der Waals surface area contributed by atoms with Crippen LogP contribution in [0.4, 0.5) is 5.69 Å². The van der Waals surface area contributed by atoms with Crippen LogP contribution in [-0.4, -0.2) is 18.9 Å². The van der Waals surface area contributed by atoms with E-state index in [2.05, 4.69) is 5.32 Å². The van der Waals surface area contributed by atoms with Crippen LogP contribution < -0.4 is 15.2 Å². The Labute approximate surface area is 139 Å². The van der Waals surface area contributed by atoms with Crippen LogP contribution in [0, 0.1) is 11.3 Å². The van der Waals surface area contributed by atoms with Gasteiger partial charge in [-0.3, -0.25) is 4.79 Å². The lowest BCUT2D eigenvalue weighted by Crippen LogP contribution is -2.34. The largest absolute Gasteiger partial charge is 0.548 e. The highest BCUT2D eigenvalue weighted by molar-refractivity contribution is 5.81. The monoisotopic (exact) mass is 323 g/mol. The van der Waals surface area contributed by atoms with Crippen molar-refractivity contribution < 1.29 is 19.4 Å². The maximum atomic E-state index is 11.5. The Balaban J connectivity index is 2.35. The van der Waals surface area contributed by atoms with Gasteiger partial charge in [0.1, 0.15) is 12.0 Å². The van der Waals surface area contributed by atoms with E-state index in [1.807, 2.05) is 6.07 Å². The molecule has 0 radical (unpaired) electrons. The van der Waals surface area contributed by atoms with Gasteiger partial charge in [0.25, 0.3) is 0 Å². The van der Waals surface area contributed by atoms with Gasteiger partial charge in [-0.1, -0.05) is 0 Å². The highest BCUT2D eigenvalue weighted by atomic mass is 16.5. The molecule has 2 rings (SSSR count). The van der Waals surface area contributed by atoms with Crippen molar-refractivity contribution in [2.75, 3.05) is 11.9 Å². The minimum absolute atomic E-state index is 0.309. The maximum absolute atomic E-state index is 11.5. The zero-order valence-corrected chi connectivity index (χ0v) is 13.0. The van der Waals surface area contributed by atoms with Crippen molar-refractivity contribution in [3.05, 3.63) is 59.2 Å². The number of ether oxygens (including phenoxy) is 1. The Morgan fingerprint density at radius 1 is 1.33 bits per heavy atom. The predicted molar refractivity (Wildman–Crippen MR) is 85.5 cm³/mol. The Morgan fingerprint density at radius 3 is 2.58 bits per heavy atom. The molecule has 0 aliphatic carbocycles. The summed E-state index contributed by atoms with van der Waals surface area (Å²) in [5, 5.41) is 23.2. The Kier molecular flexibility index (Phi) is 5.53. The lowest BCUT2D eigenvalue weighted by molar-refractivity contribution is -0.307. The average Bonchev–Trinajstić information content (AvgIpc) is 2.59. The second-order valence-corrected chi connectivity index (χ2v) is 4.97. The molecule has 6 nitrogen and oxygen atoms in total. The molecular weight excluding hydrogens is 308 g/mol. The van der Waals surface area contributed by atoms with E-state index in [0.29, 0.717) is 41.0 Å². The third-order valence-corrected chi connectivity index (χ3v) is 3.29. The molecule has 0 heterocycles. The fourth-order valence-electron chi connectivity index (χ4n) is 2.22. The minimum atomic E-state index is -1.34. The van der Waals surface area contributed by atoms with Crippen molar-refractivity contribution in [2.45, 2.75) is 13.0 Å². The van der Waals surface area contributed by atoms with Gasteiger partial charge in [-0.25, -0.2) is 0 Å². The Bertz CT molecular complexity index is 779. The molecule has 0 spiro atoms. The number of nitrogens with one attached hydrogen (secondary N) is 1. The number of carboxylic acid groups (broad SMARTS) is 1. The van der Waals surface area contributed by atoms with Crippen LogP contribution in [-0.2, 0) is 4.79 Å². The van der Waals surface area contributed by atoms with Gasteiger partial charge in [0.05, 0.1) is 30.3 Å². The highest BCUT2D eigenvalue weighted by Crippen LogP contribution is 2.25. The summed E-state index contributed by atoms with van der Waals surface area (Å²) < 4.78 is 5.36. The lowest BCUT2D eigenvalue weighted by atomic mass is 10.0. The van der Waals surface area contributed by atoms with Gasteiger partial charge >= 0.3 is 0 Å². The molecule has 0 amide bonds. The number of carbonyl (C=O) groups excluding carboxylic acids is 2. The van der Waals surface area contributed by atoms with Crippen molar-refractivity contribution in [3.63, 3.8) is 0 Å². The van der Waals surface area contributed by atoms with E-state index in [-0.39, 0.29) is 0 Å². The predicted octanol–water partition coefficient (Wildman–Crippen LogP) is 1.67. The molecule has 0 aliphatic rings. The lowest BCUT2D eigenvalue weighted by Gasteiger charge is -2.22. The first-order chi connectivity index (χ1) is 11.6. The number of nitrogens with zero attached hydrogens (tertiary/aromatic N) is 1. The standard InChI is InChI=1S/C18H16N2O4/c1-2-24-16-8-13(11-21)7-14(9-16)17(18(22)23)20-15-5-3-12(10-19)4-6-15/h3-9,11,17,20H,2H2,1H3,(H,22,23)/p-1. The topological polar surface area (TPSA) is 102 Å². The average molecular weight is 323 g/mol. The fourth-order valence-corrected chi connectivity index (χ4v) is 2.22. The van der Waals surface area contributed by atoms with Crippen LogP contribution >= 0.6 is 0 Å². The van der Waals surface area contributed by atoms with Gasteiger partial charge in [-0.15, -0.1) is 0 Å². The summed E-state index contributed by atoms with van der Waals surface area (Å²) in [4.78, 5) is 22.6. The van der Waals surface area contributed by atoms with Gasteiger partial charge in [-0.2, -0.15) is 5.26 Å². The second-order valence-electron chi connectivity index (χ2n) is 4.97. The van der Waals surface area contributed by atoms with Crippen molar-refractivity contribution in [1.29, 1.82) is 5.26 Å². The number of hydrogen-bond donors (Lipinski definition) is 1. The van der Waals surface area contributed by atoms with Crippen LogP contribution in [0.2, 0.25) is 0 Å². The second kappa shape index (κ2) is 7.79. The molecule has 0 saturated carbocycles. The molecule has 0 fully saturated rings. The van der Waals surface area contributed by atoms with Crippen molar-refractivity contribution in [3.8, 4) is 11.8 Å². The first-order valence-electron chi connectivity index (χ1n) is 7.28. The highest BCUT2D eigenvalue weighted by Gasteiger charge is 2.15. The molecule has 24 heavy (non-hydrogen) atoms. The molecular formula is C18H15N2O4-. The van der Waals surface area contributed by atoms with Gasteiger partial charge in [0.2, 0.25) is 0 Å². The van der Waals surface area contributed by atoms with E-state index in [0.717, 1.165) is 0 Å². The van der Waals surface area contributed by atoms with E-state index >= 15 is 0 Å². The molecule has 2 aromatic carbocycles. The number of benzene rings is 2.